The van der Waals surface area contributed by atoms with Crippen LogP contribution in [-0.4, -0.2) is 21.2 Å². The van der Waals surface area contributed by atoms with E-state index in [2.05, 4.69) is 5.92 Å². The molecule has 1 nitrogen and oxygen atoms in total. The van der Waals surface area contributed by atoms with E-state index in [-0.39, 0.29) is 4.58 Å². The summed E-state index contributed by atoms with van der Waals surface area (Å²) in [6, 6.07) is 9.95. The summed E-state index contributed by atoms with van der Waals surface area (Å²) in [5, 5.41) is 11.1. The molecule has 1 saturated heterocycles. The van der Waals surface area contributed by atoms with E-state index >= 15 is 0 Å². The van der Waals surface area contributed by atoms with Gasteiger partial charge in [-0.05, 0) is 29.9 Å². The lowest BCUT2D eigenvalue weighted by molar-refractivity contribution is 0.0464. The summed E-state index contributed by atoms with van der Waals surface area (Å²) in [5.41, 5.74) is 0.191. The van der Waals surface area contributed by atoms with Crippen molar-refractivity contribution in [1.29, 1.82) is 0 Å². The summed E-state index contributed by atoms with van der Waals surface area (Å²) < 4.78 is 0.196. The van der Waals surface area contributed by atoms with Crippen LogP contribution in [0, 0.1) is 12.3 Å². The molecule has 0 bridgehead atoms. The maximum absolute atomic E-state index is 11.1. The molecule has 1 aromatic carbocycles. The highest BCUT2D eigenvalue weighted by Crippen LogP contribution is 2.45. The number of rotatable bonds is 4. The maximum Gasteiger partial charge on any atom is 0.111 e. The molecule has 1 fully saturated rings. The molecule has 2 rings (SSSR count). The second-order valence-electron chi connectivity index (χ2n) is 4.42. The zero-order valence-electron chi connectivity index (χ0n) is 10.3. The van der Waals surface area contributed by atoms with Gasteiger partial charge in [0.1, 0.15) is 5.60 Å². The third-order valence-electron chi connectivity index (χ3n) is 3.14. The van der Waals surface area contributed by atoms with Crippen molar-refractivity contribution in [2.45, 2.75) is 29.4 Å². The topological polar surface area (TPSA) is 20.2 Å². The molecule has 0 amide bonds. The molecule has 1 N–H and O–H groups in total. The third kappa shape index (κ3) is 3.06. The fourth-order valence-electron chi connectivity index (χ4n) is 2.15. The van der Waals surface area contributed by atoms with Crippen molar-refractivity contribution in [3.63, 3.8) is 0 Å². The molecule has 96 valence electrons. The van der Waals surface area contributed by atoms with E-state index in [1.54, 1.807) is 0 Å². The van der Waals surface area contributed by atoms with E-state index in [4.69, 9.17) is 6.42 Å². The van der Waals surface area contributed by atoms with E-state index in [1.165, 1.54) is 6.42 Å². The second-order valence-corrected chi connectivity index (χ2v) is 7.15. The van der Waals surface area contributed by atoms with Crippen molar-refractivity contribution in [2.75, 3.05) is 11.5 Å². The number of aliphatic hydroxyl groups is 1. The molecule has 3 heteroatoms. The van der Waals surface area contributed by atoms with Crippen LogP contribution in [0.25, 0.3) is 0 Å². The molecule has 0 aliphatic carbocycles. The fourth-order valence-corrected chi connectivity index (χ4v) is 5.41. The summed E-state index contributed by atoms with van der Waals surface area (Å²) in [7, 11) is 0. The van der Waals surface area contributed by atoms with Crippen LogP contribution in [0.1, 0.15) is 24.8 Å². The highest BCUT2D eigenvalue weighted by molar-refractivity contribution is 8.17. The van der Waals surface area contributed by atoms with E-state index in [0.29, 0.717) is 12.8 Å². The normalized spacial score (nSPS) is 20.0. The Hall–Kier alpha value is -0.560. The Balaban J connectivity index is 2.24. The molecule has 0 spiro atoms. The van der Waals surface area contributed by atoms with Gasteiger partial charge in [0, 0.05) is 6.42 Å². The van der Waals surface area contributed by atoms with Crippen molar-refractivity contribution in [3.05, 3.63) is 35.9 Å². The maximum atomic E-state index is 11.1. The first-order valence-electron chi connectivity index (χ1n) is 6.22. The van der Waals surface area contributed by atoms with Gasteiger partial charge in [0.15, 0.2) is 0 Å². The lowest BCUT2D eigenvalue weighted by Gasteiger charge is -2.37. The van der Waals surface area contributed by atoms with Gasteiger partial charge in [0.2, 0.25) is 0 Å². The first-order chi connectivity index (χ1) is 8.77. The van der Waals surface area contributed by atoms with Crippen LogP contribution in [0.5, 0.6) is 0 Å². The largest absolute Gasteiger partial charge is 0.383 e. The highest BCUT2D eigenvalue weighted by Gasteiger charge is 2.39. The molecule has 1 heterocycles. The Labute approximate surface area is 118 Å². The first-order valence-corrected chi connectivity index (χ1v) is 8.32. The number of hydrogen-bond donors (Lipinski definition) is 1. The average Bonchev–Trinajstić information content (AvgIpc) is 2.46. The SMILES string of the molecule is C#CCC[C@@](O)(c1ccccc1)C1SCCCS1. The summed E-state index contributed by atoms with van der Waals surface area (Å²) in [4.78, 5) is 0. The van der Waals surface area contributed by atoms with Crippen molar-refractivity contribution in [2.24, 2.45) is 0 Å². The molecule has 1 atom stereocenters. The van der Waals surface area contributed by atoms with Crippen LogP contribution in [0.3, 0.4) is 0 Å². The summed E-state index contributed by atoms with van der Waals surface area (Å²) in [6.07, 6.45) is 7.85. The fraction of sp³-hybridized carbons (Fsp3) is 0.467. The van der Waals surface area contributed by atoms with Gasteiger partial charge in [-0.3, -0.25) is 0 Å². The number of benzene rings is 1. The summed E-state index contributed by atoms with van der Waals surface area (Å²) in [5.74, 6) is 4.91. The molecule has 0 aromatic heterocycles. The van der Waals surface area contributed by atoms with E-state index in [9.17, 15) is 5.11 Å². The van der Waals surface area contributed by atoms with E-state index in [0.717, 1.165) is 17.1 Å². The quantitative estimate of drug-likeness (QED) is 0.852. The molecular weight excluding hydrogens is 260 g/mol. The van der Waals surface area contributed by atoms with Crippen molar-refractivity contribution in [3.8, 4) is 12.3 Å². The molecular formula is C15H18OS2. The Bertz CT molecular complexity index is 406. The smallest absolute Gasteiger partial charge is 0.111 e. The number of terminal acetylenes is 1. The lowest BCUT2D eigenvalue weighted by Crippen LogP contribution is -2.37. The summed E-state index contributed by atoms with van der Waals surface area (Å²) >= 11 is 3.72. The Kier molecular flexibility index (Phi) is 5.05. The number of thioether (sulfide) groups is 2. The Morgan fingerprint density at radius 2 is 1.94 bits per heavy atom. The number of hydrogen-bond acceptors (Lipinski definition) is 3. The molecule has 1 aliphatic rings. The minimum atomic E-state index is -0.802. The van der Waals surface area contributed by atoms with Gasteiger partial charge in [-0.25, -0.2) is 0 Å². The van der Waals surface area contributed by atoms with E-state index in [1.807, 2.05) is 53.9 Å². The van der Waals surface area contributed by atoms with Crippen LogP contribution in [-0.2, 0) is 5.60 Å². The molecule has 0 unspecified atom stereocenters. The van der Waals surface area contributed by atoms with Gasteiger partial charge in [0.05, 0.1) is 4.58 Å². The monoisotopic (exact) mass is 278 g/mol. The summed E-state index contributed by atoms with van der Waals surface area (Å²) in [6.45, 7) is 0. The van der Waals surface area contributed by atoms with E-state index < -0.39 is 5.60 Å². The van der Waals surface area contributed by atoms with Gasteiger partial charge in [0.25, 0.3) is 0 Å². The van der Waals surface area contributed by atoms with Gasteiger partial charge in [-0.15, -0.1) is 35.9 Å². The third-order valence-corrected chi connectivity index (χ3v) is 6.39. The van der Waals surface area contributed by atoms with Gasteiger partial charge in [-0.1, -0.05) is 30.3 Å². The standard InChI is InChI=1S/C15H18OS2/c1-2-3-10-15(16,13-8-5-4-6-9-13)14-17-11-7-12-18-14/h1,4-6,8-9,14,16H,3,7,10-12H2/t15-/m1/s1. The predicted molar refractivity (Wildman–Crippen MR) is 81.7 cm³/mol. The Morgan fingerprint density at radius 3 is 2.56 bits per heavy atom. The van der Waals surface area contributed by atoms with Crippen LogP contribution < -0.4 is 0 Å². The van der Waals surface area contributed by atoms with Crippen molar-refractivity contribution >= 4 is 23.5 Å². The zero-order chi connectivity index (χ0) is 12.8. The molecule has 1 aliphatic heterocycles. The lowest BCUT2D eigenvalue weighted by atomic mass is 9.91. The zero-order valence-corrected chi connectivity index (χ0v) is 12.0. The van der Waals surface area contributed by atoms with Crippen molar-refractivity contribution in [1.82, 2.24) is 0 Å². The average molecular weight is 278 g/mol. The van der Waals surface area contributed by atoms with Crippen LogP contribution in [0.15, 0.2) is 30.3 Å². The molecule has 18 heavy (non-hydrogen) atoms. The minimum Gasteiger partial charge on any atom is -0.383 e. The van der Waals surface area contributed by atoms with Crippen molar-refractivity contribution < 1.29 is 5.11 Å². The second kappa shape index (κ2) is 6.56. The Morgan fingerprint density at radius 1 is 1.28 bits per heavy atom. The van der Waals surface area contributed by atoms with Gasteiger partial charge >= 0.3 is 0 Å². The highest BCUT2D eigenvalue weighted by atomic mass is 32.2. The predicted octanol–water partition coefficient (Wildman–Crippen LogP) is 3.48. The van der Waals surface area contributed by atoms with Crippen LogP contribution in [0.4, 0.5) is 0 Å². The van der Waals surface area contributed by atoms with Gasteiger partial charge < -0.3 is 5.11 Å². The van der Waals surface area contributed by atoms with Crippen LogP contribution in [0.2, 0.25) is 0 Å². The minimum absolute atomic E-state index is 0.196. The first kappa shape index (κ1) is 13.9. The molecule has 1 aromatic rings. The molecule has 0 radical (unpaired) electrons. The molecule has 0 saturated carbocycles. The van der Waals surface area contributed by atoms with Crippen LogP contribution >= 0.6 is 23.5 Å². The van der Waals surface area contributed by atoms with Gasteiger partial charge in [-0.2, -0.15) is 0 Å².